The molecule has 1 aromatic heterocycles. The molecular formula is C6H8N2S2. The number of hydrogen-bond acceptors (Lipinski definition) is 3. The van der Waals surface area contributed by atoms with Crippen molar-refractivity contribution in [2.24, 2.45) is 5.73 Å². The van der Waals surface area contributed by atoms with Crippen LogP contribution in [-0.2, 0) is 5.75 Å². The minimum atomic E-state index is 0.186. The number of hydrogen-bond donors (Lipinski definition) is 2. The van der Waals surface area contributed by atoms with E-state index in [9.17, 15) is 0 Å². The molecule has 0 unspecified atom stereocenters. The number of nitrogens with two attached hydrogens (primary N) is 1. The fourth-order valence-corrected chi connectivity index (χ4v) is 1.81. The molecular weight excluding hydrogens is 164 g/mol. The highest BCUT2D eigenvalue weighted by Gasteiger charge is 1.93. The fourth-order valence-electron chi connectivity index (χ4n) is 0.536. The summed E-state index contributed by atoms with van der Waals surface area (Å²) in [6, 6.07) is 2.04. The van der Waals surface area contributed by atoms with Crippen LogP contribution < -0.4 is 5.73 Å². The summed E-state index contributed by atoms with van der Waals surface area (Å²) >= 11 is 3.02. The van der Waals surface area contributed by atoms with Gasteiger partial charge in [-0.05, 0) is 22.4 Å². The van der Waals surface area contributed by atoms with Gasteiger partial charge in [0.05, 0.1) is 0 Å². The van der Waals surface area contributed by atoms with Gasteiger partial charge in [0.25, 0.3) is 0 Å². The maximum atomic E-state index is 6.94. The lowest BCUT2D eigenvalue weighted by Crippen LogP contribution is -2.03. The maximum absolute atomic E-state index is 6.94. The molecule has 0 atom stereocenters. The van der Waals surface area contributed by atoms with Crippen molar-refractivity contribution >= 4 is 28.3 Å². The van der Waals surface area contributed by atoms with Crippen molar-refractivity contribution < 1.29 is 0 Å². The molecule has 1 aromatic rings. The summed E-state index contributed by atoms with van der Waals surface area (Å²) in [6.07, 6.45) is 0. The molecule has 10 heavy (non-hydrogen) atoms. The molecule has 1 heterocycles. The van der Waals surface area contributed by atoms with E-state index in [-0.39, 0.29) is 5.17 Å². The van der Waals surface area contributed by atoms with E-state index in [2.05, 4.69) is 5.38 Å². The van der Waals surface area contributed by atoms with Gasteiger partial charge >= 0.3 is 0 Å². The molecule has 4 heteroatoms. The highest BCUT2D eigenvalue weighted by atomic mass is 32.2. The molecule has 0 aliphatic carbocycles. The second-order valence-electron chi connectivity index (χ2n) is 1.78. The van der Waals surface area contributed by atoms with E-state index in [1.54, 1.807) is 11.3 Å². The first-order valence-corrected chi connectivity index (χ1v) is 4.70. The van der Waals surface area contributed by atoms with E-state index in [0.717, 1.165) is 5.75 Å². The Kier molecular flexibility index (Phi) is 2.77. The Bertz CT molecular complexity index is 206. The highest BCUT2D eigenvalue weighted by Crippen LogP contribution is 2.13. The molecule has 0 fully saturated rings. The summed E-state index contributed by atoms with van der Waals surface area (Å²) < 4.78 is 0. The molecule has 0 spiro atoms. The van der Waals surface area contributed by atoms with Gasteiger partial charge in [0, 0.05) is 5.75 Å². The number of nitrogens with one attached hydrogen (secondary N) is 1. The van der Waals surface area contributed by atoms with Crippen LogP contribution >= 0.6 is 23.1 Å². The number of thiophene rings is 1. The van der Waals surface area contributed by atoms with Gasteiger partial charge in [-0.25, -0.2) is 0 Å². The predicted octanol–water partition coefficient (Wildman–Crippen LogP) is 1.87. The van der Waals surface area contributed by atoms with E-state index < -0.39 is 0 Å². The molecule has 2 nitrogen and oxygen atoms in total. The third kappa shape index (κ3) is 2.41. The smallest absolute Gasteiger partial charge is 0.151 e. The van der Waals surface area contributed by atoms with Gasteiger partial charge in [-0.3, -0.25) is 5.41 Å². The average Bonchev–Trinajstić information content (AvgIpc) is 2.34. The van der Waals surface area contributed by atoms with Crippen LogP contribution in [-0.4, -0.2) is 5.17 Å². The van der Waals surface area contributed by atoms with Crippen LogP contribution in [0.1, 0.15) is 5.56 Å². The van der Waals surface area contributed by atoms with Crippen LogP contribution in [0.25, 0.3) is 0 Å². The van der Waals surface area contributed by atoms with Crippen molar-refractivity contribution in [3.05, 3.63) is 22.4 Å². The molecule has 1 rings (SSSR count). The Balaban J connectivity index is 2.35. The van der Waals surface area contributed by atoms with Gasteiger partial charge < -0.3 is 5.73 Å². The van der Waals surface area contributed by atoms with E-state index >= 15 is 0 Å². The summed E-state index contributed by atoms with van der Waals surface area (Å²) in [6.45, 7) is 0. The second-order valence-corrected chi connectivity index (χ2v) is 3.58. The van der Waals surface area contributed by atoms with Gasteiger partial charge in [-0.1, -0.05) is 11.8 Å². The number of thioether (sulfide) groups is 1. The molecule has 0 saturated carbocycles. The van der Waals surface area contributed by atoms with Crippen LogP contribution in [0.3, 0.4) is 0 Å². The summed E-state index contributed by atoms with van der Waals surface area (Å²) in [7, 11) is 0. The summed E-state index contributed by atoms with van der Waals surface area (Å²) in [5, 5.41) is 11.2. The summed E-state index contributed by atoms with van der Waals surface area (Å²) in [4.78, 5) is 0. The van der Waals surface area contributed by atoms with Crippen molar-refractivity contribution in [1.29, 1.82) is 5.41 Å². The first-order chi connectivity index (χ1) is 4.79. The predicted molar refractivity (Wildman–Crippen MR) is 47.5 cm³/mol. The van der Waals surface area contributed by atoms with Gasteiger partial charge in [0.15, 0.2) is 5.17 Å². The molecule has 0 aliphatic rings. The molecule has 0 aliphatic heterocycles. The van der Waals surface area contributed by atoms with Crippen molar-refractivity contribution in [2.45, 2.75) is 5.75 Å². The zero-order valence-corrected chi connectivity index (χ0v) is 6.97. The molecule has 0 aromatic carbocycles. The molecule has 0 amide bonds. The Labute approximate surface area is 68.0 Å². The lowest BCUT2D eigenvalue weighted by molar-refractivity contribution is 1.46. The lowest BCUT2D eigenvalue weighted by Gasteiger charge is -1.93. The lowest BCUT2D eigenvalue weighted by atomic mass is 10.4. The third-order valence-corrected chi connectivity index (χ3v) is 2.50. The van der Waals surface area contributed by atoms with Gasteiger partial charge in [0.2, 0.25) is 0 Å². The normalized spacial score (nSPS) is 9.60. The summed E-state index contributed by atoms with van der Waals surface area (Å²) in [5.41, 5.74) is 6.40. The average molecular weight is 172 g/mol. The van der Waals surface area contributed by atoms with Gasteiger partial charge in [0.1, 0.15) is 0 Å². The highest BCUT2D eigenvalue weighted by molar-refractivity contribution is 8.13. The van der Waals surface area contributed by atoms with E-state index in [1.165, 1.54) is 17.3 Å². The van der Waals surface area contributed by atoms with E-state index in [4.69, 9.17) is 11.1 Å². The number of rotatable bonds is 2. The second kappa shape index (κ2) is 3.63. The molecule has 3 N–H and O–H groups in total. The van der Waals surface area contributed by atoms with Crippen molar-refractivity contribution in [3.63, 3.8) is 0 Å². The minimum Gasteiger partial charge on any atom is -0.379 e. The Morgan fingerprint density at radius 2 is 2.60 bits per heavy atom. The van der Waals surface area contributed by atoms with Gasteiger partial charge in [-0.15, -0.1) is 0 Å². The molecule has 54 valence electrons. The van der Waals surface area contributed by atoms with Crippen molar-refractivity contribution in [2.75, 3.05) is 0 Å². The van der Waals surface area contributed by atoms with Crippen molar-refractivity contribution in [1.82, 2.24) is 0 Å². The third-order valence-electron chi connectivity index (χ3n) is 0.974. The first-order valence-electron chi connectivity index (χ1n) is 2.77. The standard InChI is InChI=1S/C6H8N2S2/c7-6(8)10-4-5-1-2-9-3-5/h1-3H,4H2,(H3,7,8). The Hall–Kier alpha value is -0.480. The van der Waals surface area contributed by atoms with Crippen LogP contribution in [0.5, 0.6) is 0 Å². The van der Waals surface area contributed by atoms with Crippen LogP contribution in [0.2, 0.25) is 0 Å². The largest absolute Gasteiger partial charge is 0.379 e. The van der Waals surface area contributed by atoms with Crippen LogP contribution in [0.15, 0.2) is 16.8 Å². The van der Waals surface area contributed by atoms with Gasteiger partial charge in [-0.2, -0.15) is 11.3 Å². The Morgan fingerprint density at radius 3 is 3.10 bits per heavy atom. The fraction of sp³-hybridized carbons (Fsp3) is 0.167. The summed E-state index contributed by atoms with van der Waals surface area (Å²) in [5.74, 6) is 0.818. The molecule has 0 bridgehead atoms. The van der Waals surface area contributed by atoms with E-state index in [0.29, 0.717) is 0 Å². The van der Waals surface area contributed by atoms with Crippen LogP contribution in [0.4, 0.5) is 0 Å². The van der Waals surface area contributed by atoms with E-state index in [1.807, 2.05) is 11.4 Å². The zero-order valence-electron chi connectivity index (χ0n) is 5.33. The zero-order chi connectivity index (χ0) is 7.40. The van der Waals surface area contributed by atoms with Crippen molar-refractivity contribution in [3.8, 4) is 0 Å². The monoisotopic (exact) mass is 172 g/mol. The quantitative estimate of drug-likeness (QED) is 0.528. The Morgan fingerprint density at radius 1 is 1.80 bits per heavy atom. The van der Waals surface area contributed by atoms with Crippen LogP contribution in [0, 0.1) is 5.41 Å². The first kappa shape index (κ1) is 7.63. The topological polar surface area (TPSA) is 49.9 Å². The minimum absolute atomic E-state index is 0.186. The molecule has 0 radical (unpaired) electrons. The molecule has 0 saturated heterocycles. The number of amidine groups is 1. The SMILES string of the molecule is N=C(N)SCc1ccsc1. The maximum Gasteiger partial charge on any atom is 0.151 e.